The lowest BCUT2D eigenvalue weighted by molar-refractivity contribution is 0.452. The number of aryl methyl sites for hydroxylation is 2. The Morgan fingerprint density at radius 2 is 2.10 bits per heavy atom. The van der Waals surface area contributed by atoms with Gasteiger partial charge in [0.1, 0.15) is 12.3 Å². The molecule has 0 spiro atoms. The fourth-order valence-electron chi connectivity index (χ4n) is 2.08. The zero-order valence-corrected chi connectivity index (χ0v) is 12.0. The third-order valence-corrected chi connectivity index (χ3v) is 3.58. The monoisotopic (exact) mass is 287 g/mol. The number of fused-ring (bicyclic) bond motifs is 1. The topological polar surface area (TPSA) is 63.8 Å². The average molecular weight is 287 g/mol. The fraction of sp³-hybridized carbons (Fsp3) is 0.214. The Labute approximate surface area is 119 Å². The zero-order chi connectivity index (χ0) is 14.3. The van der Waals surface area contributed by atoms with Crippen LogP contribution in [0.3, 0.4) is 0 Å². The van der Waals surface area contributed by atoms with Gasteiger partial charge in [-0.25, -0.2) is 4.98 Å². The minimum Gasteiger partial charge on any atom is -0.444 e. The van der Waals surface area contributed by atoms with Crippen molar-refractivity contribution in [1.82, 2.24) is 14.5 Å². The van der Waals surface area contributed by atoms with Gasteiger partial charge in [-0.15, -0.1) is 0 Å². The van der Waals surface area contributed by atoms with Crippen molar-refractivity contribution < 1.29 is 4.42 Å². The number of benzene rings is 1. The summed E-state index contributed by atoms with van der Waals surface area (Å²) < 4.78 is 7.33. The molecule has 3 aromatic rings. The minimum absolute atomic E-state index is 0.141. The molecule has 1 aromatic carbocycles. The molecule has 3 rings (SSSR count). The number of hydrogen-bond donors (Lipinski definition) is 1. The van der Waals surface area contributed by atoms with Gasteiger partial charge in [-0.1, -0.05) is 12.1 Å². The molecular formula is C14H13N3O2S. The van der Waals surface area contributed by atoms with Crippen LogP contribution in [-0.4, -0.2) is 14.5 Å². The Kier molecular flexibility index (Phi) is 3.02. The summed E-state index contributed by atoms with van der Waals surface area (Å²) in [5.74, 6) is 1.24. The van der Waals surface area contributed by atoms with Crippen LogP contribution in [0.4, 0.5) is 0 Å². The van der Waals surface area contributed by atoms with Gasteiger partial charge >= 0.3 is 0 Å². The molecule has 0 aliphatic carbocycles. The van der Waals surface area contributed by atoms with Gasteiger partial charge in [-0.05, 0) is 38.2 Å². The largest absolute Gasteiger partial charge is 0.444 e. The van der Waals surface area contributed by atoms with Gasteiger partial charge in [-0.2, -0.15) is 0 Å². The Morgan fingerprint density at radius 3 is 2.80 bits per heavy atom. The van der Waals surface area contributed by atoms with Crippen molar-refractivity contribution in [3.63, 3.8) is 0 Å². The van der Waals surface area contributed by atoms with E-state index < -0.39 is 0 Å². The normalized spacial score (nSPS) is 11.1. The first-order chi connectivity index (χ1) is 9.56. The Morgan fingerprint density at radius 1 is 1.35 bits per heavy atom. The smallest absolute Gasteiger partial charge is 0.262 e. The standard InChI is InChI=1S/C14H13N3O2S/c1-8-9(2)19-12(15-8)7-17-13(18)10-5-3-4-6-11(10)16-14(17)20/h3-6H,7H2,1-2H3,(H,16,20). The molecule has 0 saturated carbocycles. The highest BCUT2D eigenvalue weighted by Gasteiger charge is 2.10. The number of hydrogen-bond acceptors (Lipinski definition) is 4. The van der Waals surface area contributed by atoms with E-state index in [-0.39, 0.29) is 12.1 Å². The molecule has 20 heavy (non-hydrogen) atoms. The van der Waals surface area contributed by atoms with Crippen LogP contribution in [0.2, 0.25) is 0 Å². The van der Waals surface area contributed by atoms with E-state index in [1.807, 2.05) is 32.0 Å². The lowest BCUT2D eigenvalue weighted by atomic mass is 10.2. The summed E-state index contributed by atoms with van der Waals surface area (Å²) in [6, 6.07) is 7.28. The van der Waals surface area contributed by atoms with Crippen LogP contribution in [0.5, 0.6) is 0 Å². The highest BCUT2D eigenvalue weighted by molar-refractivity contribution is 7.71. The molecule has 0 bridgehead atoms. The first-order valence-electron chi connectivity index (χ1n) is 6.21. The van der Waals surface area contributed by atoms with Crippen molar-refractivity contribution in [2.75, 3.05) is 0 Å². The third-order valence-electron chi connectivity index (χ3n) is 3.26. The molecular weight excluding hydrogens is 274 g/mol. The molecule has 0 atom stereocenters. The molecule has 0 fully saturated rings. The van der Waals surface area contributed by atoms with Crippen LogP contribution in [-0.2, 0) is 6.54 Å². The molecule has 0 aliphatic rings. The summed E-state index contributed by atoms with van der Waals surface area (Å²) in [5.41, 5.74) is 1.42. The van der Waals surface area contributed by atoms with E-state index in [0.717, 1.165) is 17.0 Å². The highest BCUT2D eigenvalue weighted by Crippen LogP contribution is 2.11. The highest BCUT2D eigenvalue weighted by atomic mass is 32.1. The van der Waals surface area contributed by atoms with Crippen LogP contribution in [0.15, 0.2) is 33.5 Å². The van der Waals surface area contributed by atoms with Crippen molar-refractivity contribution >= 4 is 23.1 Å². The van der Waals surface area contributed by atoms with Gasteiger partial charge in [0.15, 0.2) is 4.77 Å². The molecule has 1 N–H and O–H groups in total. The number of aromatic amines is 1. The Bertz CT molecular complexity index is 885. The second-order valence-electron chi connectivity index (χ2n) is 4.62. The summed E-state index contributed by atoms with van der Waals surface area (Å²) in [7, 11) is 0. The van der Waals surface area contributed by atoms with Gasteiger partial charge < -0.3 is 9.40 Å². The lowest BCUT2D eigenvalue weighted by Gasteiger charge is -2.05. The van der Waals surface area contributed by atoms with E-state index >= 15 is 0 Å². The molecule has 0 unspecified atom stereocenters. The fourth-order valence-corrected chi connectivity index (χ4v) is 2.34. The maximum Gasteiger partial charge on any atom is 0.262 e. The van der Waals surface area contributed by atoms with Gasteiger partial charge in [0.25, 0.3) is 5.56 Å². The second-order valence-corrected chi connectivity index (χ2v) is 5.00. The van der Waals surface area contributed by atoms with E-state index in [2.05, 4.69) is 9.97 Å². The third kappa shape index (κ3) is 2.08. The SMILES string of the molecule is Cc1nc(Cn2c(=S)[nH]c3ccccc3c2=O)oc1C. The summed E-state index contributed by atoms with van der Waals surface area (Å²) in [6.07, 6.45) is 0. The molecule has 102 valence electrons. The molecule has 6 heteroatoms. The second kappa shape index (κ2) is 4.72. The van der Waals surface area contributed by atoms with Crippen molar-refractivity contribution in [2.45, 2.75) is 20.4 Å². The van der Waals surface area contributed by atoms with E-state index in [1.54, 1.807) is 6.07 Å². The van der Waals surface area contributed by atoms with Crippen LogP contribution in [0, 0.1) is 18.6 Å². The van der Waals surface area contributed by atoms with Gasteiger partial charge in [0.05, 0.1) is 16.6 Å². The van der Waals surface area contributed by atoms with Crippen LogP contribution < -0.4 is 5.56 Å². The lowest BCUT2D eigenvalue weighted by Crippen LogP contribution is -2.22. The quantitative estimate of drug-likeness (QED) is 0.736. The summed E-state index contributed by atoms with van der Waals surface area (Å²) in [4.78, 5) is 19.8. The van der Waals surface area contributed by atoms with E-state index in [4.69, 9.17) is 16.6 Å². The number of H-pyrrole nitrogens is 1. The van der Waals surface area contributed by atoms with Crippen molar-refractivity contribution in [3.8, 4) is 0 Å². The molecule has 2 aromatic heterocycles. The number of para-hydroxylation sites is 1. The minimum atomic E-state index is -0.141. The van der Waals surface area contributed by atoms with Gasteiger partial charge in [0.2, 0.25) is 5.89 Å². The van der Waals surface area contributed by atoms with Crippen molar-refractivity contribution in [2.24, 2.45) is 0 Å². The average Bonchev–Trinajstić information content (AvgIpc) is 2.73. The summed E-state index contributed by atoms with van der Waals surface area (Å²) in [6.45, 7) is 3.94. The van der Waals surface area contributed by atoms with E-state index in [9.17, 15) is 4.79 Å². The Balaban J connectivity index is 2.16. The predicted molar refractivity (Wildman–Crippen MR) is 78.5 cm³/mol. The maximum absolute atomic E-state index is 12.5. The zero-order valence-electron chi connectivity index (χ0n) is 11.1. The molecule has 0 saturated heterocycles. The number of nitrogens with one attached hydrogen (secondary N) is 1. The number of aromatic nitrogens is 3. The number of nitrogens with zero attached hydrogens (tertiary/aromatic N) is 2. The van der Waals surface area contributed by atoms with Crippen LogP contribution in [0.25, 0.3) is 10.9 Å². The van der Waals surface area contributed by atoms with Gasteiger partial charge in [0, 0.05) is 0 Å². The number of oxazole rings is 1. The summed E-state index contributed by atoms with van der Waals surface area (Å²) >= 11 is 5.24. The molecule has 0 amide bonds. The van der Waals surface area contributed by atoms with E-state index in [0.29, 0.717) is 16.0 Å². The van der Waals surface area contributed by atoms with E-state index in [1.165, 1.54) is 4.57 Å². The predicted octanol–water partition coefficient (Wildman–Crippen LogP) is 2.71. The number of rotatable bonds is 2. The first-order valence-corrected chi connectivity index (χ1v) is 6.62. The first kappa shape index (κ1) is 12.8. The maximum atomic E-state index is 12.5. The summed E-state index contributed by atoms with van der Waals surface area (Å²) in [5, 5.41) is 0.598. The molecule has 5 nitrogen and oxygen atoms in total. The molecule has 0 aliphatic heterocycles. The van der Waals surface area contributed by atoms with Crippen molar-refractivity contribution in [1.29, 1.82) is 0 Å². The van der Waals surface area contributed by atoms with Crippen LogP contribution in [0.1, 0.15) is 17.3 Å². The van der Waals surface area contributed by atoms with Crippen molar-refractivity contribution in [3.05, 3.63) is 56.7 Å². The van der Waals surface area contributed by atoms with Crippen LogP contribution >= 0.6 is 12.2 Å². The van der Waals surface area contributed by atoms with Gasteiger partial charge in [-0.3, -0.25) is 9.36 Å². The molecule has 0 radical (unpaired) electrons. The molecule has 2 heterocycles. The Hall–Kier alpha value is -2.21.